The Bertz CT molecular complexity index is 103. The summed E-state index contributed by atoms with van der Waals surface area (Å²) >= 11 is 0. The molecule has 2 heteroatoms. The van der Waals surface area contributed by atoms with Crippen molar-refractivity contribution in [2.24, 2.45) is 5.92 Å². The van der Waals surface area contributed by atoms with Gasteiger partial charge in [0.05, 0.1) is 26.7 Å². The Morgan fingerprint density at radius 2 is 1.40 bits per heavy atom. The van der Waals surface area contributed by atoms with Crippen LogP contribution in [-0.4, -0.2) is 31.2 Å². The normalized spacial score (nSPS) is 44.7. The molecule has 2 bridgehead atoms. The molecule has 3 saturated heterocycles. The molecule has 0 aliphatic carbocycles. The Labute approximate surface area is 106 Å². The SMILES string of the molecule is C[N+]12CCC(CC1)CC2.[K+]. The zero-order valence-corrected chi connectivity index (χ0v) is 10.4. The van der Waals surface area contributed by atoms with E-state index in [1.165, 1.54) is 43.4 Å². The van der Waals surface area contributed by atoms with E-state index in [-0.39, 0.29) is 51.4 Å². The van der Waals surface area contributed by atoms with Crippen molar-refractivity contribution in [1.82, 2.24) is 0 Å². The summed E-state index contributed by atoms with van der Waals surface area (Å²) in [6.45, 7) is 4.39. The van der Waals surface area contributed by atoms with Crippen LogP contribution in [0.1, 0.15) is 19.3 Å². The van der Waals surface area contributed by atoms with E-state index in [4.69, 9.17) is 0 Å². The molecular weight excluding hydrogens is 149 g/mol. The predicted octanol–water partition coefficient (Wildman–Crippen LogP) is -1.75. The largest absolute Gasteiger partial charge is 1.00 e. The molecular formula is C8H16KN+2. The first-order chi connectivity index (χ1) is 4.29. The van der Waals surface area contributed by atoms with Crippen molar-refractivity contribution in [3.8, 4) is 0 Å². The maximum atomic E-state index is 2.41. The van der Waals surface area contributed by atoms with E-state index in [1.54, 1.807) is 0 Å². The van der Waals surface area contributed by atoms with E-state index >= 15 is 0 Å². The van der Waals surface area contributed by atoms with Gasteiger partial charge in [-0.2, -0.15) is 0 Å². The van der Waals surface area contributed by atoms with Gasteiger partial charge in [-0.25, -0.2) is 0 Å². The number of quaternary nitrogens is 1. The van der Waals surface area contributed by atoms with E-state index in [0.717, 1.165) is 5.92 Å². The molecule has 0 aromatic heterocycles. The van der Waals surface area contributed by atoms with Gasteiger partial charge in [-0.05, 0) is 25.2 Å². The zero-order valence-electron chi connectivity index (χ0n) is 7.27. The predicted molar refractivity (Wildman–Crippen MR) is 38.1 cm³/mol. The minimum absolute atomic E-state index is 0. The van der Waals surface area contributed by atoms with Gasteiger partial charge in [0.1, 0.15) is 0 Å². The summed E-state index contributed by atoms with van der Waals surface area (Å²) in [5.74, 6) is 1.12. The van der Waals surface area contributed by atoms with E-state index in [1.807, 2.05) is 0 Å². The topological polar surface area (TPSA) is 0 Å². The molecule has 0 atom stereocenters. The number of fused-ring (bicyclic) bond motifs is 3. The van der Waals surface area contributed by atoms with Crippen molar-refractivity contribution in [1.29, 1.82) is 0 Å². The molecule has 0 N–H and O–H groups in total. The van der Waals surface area contributed by atoms with Gasteiger partial charge in [0, 0.05) is 0 Å². The summed E-state index contributed by atoms with van der Waals surface area (Å²) in [7, 11) is 2.41. The Morgan fingerprint density at radius 3 is 1.60 bits per heavy atom. The van der Waals surface area contributed by atoms with Crippen molar-refractivity contribution in [3.05, 3.63) is 0 Å². The van der Waals surface area contributed by atoms with Gasteiger partial charge in [0.15, 0.2) is 0 Å². The van der Waals surface area contributed by atoms with Gasteiger partial charge in [-0.1, -0.05) is 0 Å². The number of rotatable bonds is 0. The Balaban J connectivity index is 0.000000500. The second kappa shape index (κ2) is 3.54. The van der Waals surface area contributed by atoms with Gasteiger partial charge < -0.3 is 4.48 Å². The zero-order chi connectivity index (χ0) is 6.32. The average molecular weight is 165 g/mol. The van der Waals surface area contributed by atoms with Gasteiger partial charge >= 0.3 is 51.4 Å². The van der Waals surface area contributed by atoms with Crippen molar-refractivity contribution >= 4 is 0 Å². The summed E-state index contributed by atoms with van der Waals surface area (Å²) in [4.78, 5) is 0. The van der Waals surface area contributed by atoms with Crippen LogP contribution in [-0.2, 0) is 0 Å². The maximum Gasteiger partial charge on any atom is 1.00 e. The van der Waals surface area contributed by atoms with E-state index in [0.29, 0.717) is 0 Å². The number of hydrogen-bond donors (Lipinski definition) is 0. The molecule has 0 amide bonds. The maximum absolute atomic E-state index is 2.41. The number of piperidine rings is 3. The van der Waals surface area contributed by atoms with E-state index < -0.39 is 0 Å². The smallest absolute Gasteiger partial charge is 0.326 e. The third-order valence-corrected chi connectivity index (χ3v) is 3.23. The quantitative estimate of drug-likeness (QED) is 0.295. The molecule has 0 aromatic carbocycles. The summed E-state index contributed by atoms with van der Waals surface area (Å²) in [6.07, 6.45) is 4.53. The van der Waals surface area contributed by atoms with Crippen LogP contribution in [0.25, 0.3) is 0 Å². The monoisotopic (exact) mass is 165 g/mol. The molecule has 3 fully saturated rings. The van der Waals surface area contributed by atoms with Crippen molar-refractivity contribution in [2.45, 2.75) is 19.3 Å². The van der Waals surface area contributed by atoms with Crippen LogP contribution in [0.2, 0.25) is 0 Å². The van der Waals surface area contributed by atoms with Crippen molar-refractivity contribution in [2.75, 3.05) is 26.7 Å². The van der Waals surface area contributed by atoms with Crippen LogP contribution in [0.3, 0.4) is 0 Å². The molecule has 1 nitrogen and oxygen atoms in total. The van der Waals surface area contributed by atoms with Crippen LogP contribution >= 0.6 is 0 Å². The van der Waals surface area contributed by atoms with Crippen molar-refractivity contribution in [3.63, 3.8) is 0 Å². The Hall–Kier alpha value is 1.60. The van der Waals surface area contributed by atoms with Gasteiger partial charge in [0.2, 0.25) is 0 Å². The van der Waals surface area contributed by atoms with Crippen LogP contribution in [0.4, 0.5) is 0 Å². The Kier molecular flexibility index (Phi) is 3.43. The number of hydrogen-bond acceptors (Lipinski definition) is 0. The van der Waals surface area contributed by atoms with Gasteiger partial charge in [0.25, 0.3) is 0 Å². The molecule has 3 rings (SSSR count). The molecule has 0 saturated carbocycles. The molecule has 3 aliphatic rings. The third-order valence-electron chi connectivity index (χ3n) is 3.23. The standard InChI is InChI=1S/C8H16N.K/c1-9-5-2-8(3-6-9)4-7-9;/h8H,2-7H2,1H3;/q2*+1. The number of nitrogens with zero attached hydrogens (tertiary/aromatic N) is 1. The molecule has 3 heterocycles. The fourth-order valence-electron chi connectivity index (χ4n) is 2.25. The molecule has 10 heavy (non-hydrogen) atoms. The summed E-state index contributed by atoms with van der Waals surface area (Å²) in [6, 6.07) is 0. The molecule has 52 valence electrons. The van der Waals surface area contributed by atoms with Gasteiger partial charge in [-0.15, -0.1) is 0 Å². The minimum Gasteiger partial charge on any atom is -0.326 e. The Morgan fingerprint density at radius 1 is 1.00 bits per heavy atom. The summed E-state index contributed by atoms with van der Waals surface area (Å²) in [5, 5.41) is 0. The first kappa shape index (κ1) is 9.68. The van der Waals surface area contributed by atoms with E-state index in [9.17, 15) is 0 Å². The fourth-order valence-corrected chi connectivity index (χ4v) is 2.25. The van der Waals surface area contributed by atoms with Crippen molar-refractivity contribution < 1.29 is 55.9 Å². The second-order valence-corrected chi connectivity index (χ2v) is 4.02. The molecule has 3 aliphatic heterocycles. The second-order valence-electron chi connectivity index (χ2n) is 4.02. The third kappa shape index (κ3) is 1.85. The first-order valence-electron chi connectivity index (χ1n) is 4.12. The molecule has 0 unspecified atom stereocenters. The molecule has 0 radical (unpaired) electrons. The first-order valence-corrected chi connectivity index (χ1v) is 4.12. The summed E-state index contributed by atoms with van der Waals surface area (Å²) in [5.41, 5.74) is 0. The van der Waals surface area contributed by atoms with Crippen LogP contribution in [0.5, 0.6) is 0 Å². The molecule has 0 spiro atoms. The van der Waals surface area contributed by atoms with Crippen LogP contribution in [0.15, 0.2) is 0 Å². The minimum atomic E-state index is 0. The molecule has 0 aromatic rings. The summed E-state index contributed by atoms with van der Waals surface area (Å²) < 4.78 is 1.39. The fraction of sp³-hybridized carbons (Fsp3) is 1.00. The average Bonchev–Trinajstić information content (AvgIpc) is 1.90. The van der Waals surface area contributed by atoms with Crippen LogP contribution < -0.4 is 51.4 Å². The van der Waals surface area contributed by atoms with Gasteiger partial charge in [-0.3, -0.25) is 0 Å². The van der Waals surface area contributed by atoms with Crippen LogP contribution in [0, 0.1) is 5.92 Å². The van der Waals surface area contributed by atoms with E-state index in [2.05, 4.69) is 7.05 Å².